The quantitative estimate of drug-likeness (QED) is 0.117. The number of anilines is 4. The van der Waals surface area contributed by atoms with Gasteiger partial charge in [-0.1, -0.05) is 36.4 Å². The number of hydrogen-bond donors (Lipinski definition) is 4. The van der Waals surface area contributed by atoms with Gasteiger partial charge in [-0.15, -0.1) is 9.13 Å². The molecule has 0 radical (unpaired) electrons. The van der Waals surface area contributed by atoms with Crippen LogP contribution in [0.15, 0.2) is 109 Å². The molecule has 0 saturated carbocycles. The molecule has 0 aliphatic heterocycles. The van der Waals surface area contributed by atoms with Crippen LogP contribution in [0.1, 0.15) is 22.3 Å². The fourth-order valence-corrected chi connectivity index (χ4v) is 6.09. The molecule has 0 saturated heterocycles. The zero-order valence-electron chi connectivity index (χ0n) is 29.0. The van der Waals surface area contributed by atoms with Gasteiger partial charge in [-0.05, 0) is 74.2 Å². The van der Waals surface area contributed by atoms with E-state index in [0.29, 0.717) is 0 Å². The molecule has 51 heavy (non-hydrogen) atoms. The van der Waals surface area contributed by atoms with Gasteiger partial charge in [0.1, 0.15) is 22.1 Å². The van der Waals surface area contributed by atoms with Crippen molar-refractivity contribution in [1.82, 2.24) is 9.97 Å². The summed E-state index contributed by atoms with van der Waals surface area (Å²) in [5.74, 6) is 0. The van der Waals surface area contributed by atoms with Crippen LogP contribution in [0.4, 0.5) is 22.7 Å². The average molecular weight is 685 g/mol. The van der Waals surface area contributed by atoms with Gasteiger partial charge in [0.15, 0.2) is 0 Å². The van der Waals surface area contributed by atoms with Crippen molar-refractivity contribution in [3.05, 3.63) is 131 Å². The number of nitrogens with zero attached hydrogens (tertiary/aromatic N) is 4. The van der Waals surface area contributed by atoms with Gasteiger partial charge in [0.25, 0.3) is 0 Å². The minimum atomic E-state index is 0. The number of aromatic nitrogens is 4. The number of nitrogen functional groups attached to an aromatic ring is 4. The van der Waals surface area contributed by atoms with Gasteiger partial charge in [0.05, 0.1) is 0 Å². The third-order valence-corrected chi connectivity index (χ3v) is 8.93. The molecule has 6 aromatic carbocycles. The van der Waals surface area contributed by atoms with Crippen molar-refractivity contribution in [3.8, 4) is 11.4 Å². The summed E-state index contributed by atoms with van der Waals surface area (Å²) in [5.41, 5.74) is 41.5. The van der Waals surface area contributed by atoms with Crippen LogP contribution in [0.25, 0.3) is 55.5 Å². The molecule has 260 valence electrons. The predicted molar refractivity (Wildman–Crippen MR) is 209 cm³/mol. The van der Waals surface area contributed by atoms with E-state index in [9.17, 15) is 0 Å². The van der Waals surface area contributed by atoms with Crippen molar-refractivity contribution < 1.29 is 25.6 Å². The van der Waals surface area contributed by atoms with Crippen LogP contribution < -0.4 is 32.1 Å². The summed E-state index contributed by atoms with van der Waals surface area (Å²) in [5, 5.41) is 0. The lowest BCUT2D eigenvalue weighted by molar-refractivity contribution is -0.538. The third-order valence-electron chi connectivity index (χ3n) is 8.93. The molecular weight excluding hydrogens is 640 g/mol. The highest BCUT2D eigenvalue weighted by Gasteiger charge is 2.22. The zero-order chi connectivity index (χ0) is 33.7. The van der Waals surface area contributed by atoms with Gasteiger partial charge >= 0.3 is 0 Å². The van der Waals surface area contributed by atoms with Crippen LogP contribution >= 0.6 is 0 Å². The van der Waals surface area contributed by atoms with Gasteiger partial charge in [0.2, 0.25) is 33.4 Å². The Morgan fingerprint density at radius 3 is 0.843 bits per heavy atom. The van der Waals surface area contributed by atoms with Gasteiger partial charge < -0.3 is 39.4 Å². The molecule has 0 aliphatic rings. The molecule has 0 bridgehead atoms. The van der Waals surface area contributed by atoms with Crippen molar-refractivity contribution in [2.24, 2.45) is 0 Å². The van der Waals surface area contributed by atoms with Gasteiger partial charge in [-0.25, -0.2) is 9.97 Å². The van der Waals surface area contributed by atoms with E-state index in [1.807, 2.05) is 113 Å². The van der Waals surface area contributed by atoms with E-state index in [1.54, 1.807) is 0 Å². The maximum atomic E-state index is 6.17. The number of fused-ring (bicyclic) bond motifs is 4. The van der Waals surface area contributed by atoms with Gasteiger partial charge in [0, 0.05) is 71.3 Å². The highest BCUT2D eigenvalue weighted by Crippen LogP contribution is 2.26. The first kappa shape index (κ1) is 37.4. The summed E-state index contributed by atoms with van der Waals surface area (Å²) in [4.78, 5) is 9.67. The predicted octanol–water partition coefficient (Wildman–Crippen LogP) is 4.42. The molecule has 2 heterocycles. The molecule has 0 unspecified atom stereocenters. The van der Waals surface area contributed by atoms with E-state index in [2.05, 4.69) is 33.4 Å². The second-order valence-corrected chi connectivity index (χ2v) is 12.4. The fourth-order valence-electron chi connectivity index (χ4n) is 6.09. The number of benzene rings is 6. The number of rotatable bonds is 2. The molecule has 0 fully saturated rings. The Morgan fingerprint density at radius 2 is 0.608 bits per heavy atom. The molecule has 0 aliphatic carbocycles. The van der Waals surface area contributed by atoms with E-state index in [-0.39, 0.29) is 16.4 Å². The van der Waals surface area contributed by atoms with Gasteiger partial charge in [-0.2, -0.15) is 0 Å². The summed E-state index contributed by atoms with van der Waals surface area (Å²) in [6, 6.07) is 36.5. The number of nitrogens with two attached hydrogens (primary N) is 4. The summed E-state index contributed by atoms with van der Waals surface area (Å²) < 4.78 is 4.34. The van der Waals surface area contributed by atoms with Crippen LogP contribution in [0.2, 0.25) is 0 Å². The molecule has 11 nitrogen and oxygen atoms in total. The Kier molecular flexibility index (Phi) is 10.7. The average Bonchev–Trinajstić information content (AvgIpc) is 3.07. The Balaban J connectivity index is 0.000000216. The largest absolute Gasteiger partial charge is 0.412 e. The minimum absolute atomic E-state index is 0. The van der Waals surface area contributed by atoms with Crippen LogP contribution in [-0.4, -0.2) is 26.4 Å². The number of aryl methyl sites for hydroxylation is 4. The van der Waals surface area contributed by atoms with Gasteiger partial charge in [-0.3, -0.25) is 0 Å². The molecule has 0 spiro atoms. The van der Waals surface area contributed by atoms with Crippen molar-refractivity contribution in [2.75, 3.05) is 22.9 Å². The standard InChI is InChI=1S/2C20H18N4.3H2O/c2*1-12-8-17-19(10-15(12)21)24(14-6-4-3-5-7-14)20-11-16(22)13(2)9-18(20)23-17;;;/h2*3-11H,1-2H3,(H3,21,22);3*1H2/p+2. The zero-order valence-corrected chi connectivity index (χ0v) is 29.0. The number of para-hydroxylation sites is 2. The lowest BCUT2D eigenvalue weighted by atomic mass is 10.1. The molecule has 11 heteroatoms. The summed E-state index contributed by atoms with van der Waals surface area (Å²) in [6.07, 6.45) is 0. The number of hydrogen-bond acceptors (Lipinski definition) is 6. The maximum absolute atomic E-state index is 6.17. The van der Waals surface area contributed by atoms with E-state index in [4.69, 9.17) is 32.9 Å². The molecule has 14 N–H and O–H groups in total. The minimum Gasteiger partial charge on any atom is -0.412 e. The second-order valence-electron chi connectivity index (χ2n) is 12.4. The molecule has 8 aromatic rings. The van der Waals surface area contributed by atoms with Crippen molar-refractivity contribution in [2.45, 2.75) is 27.7 Å². The topological polar surface area (TPSA) is 232 Å². The van der Waals surface area contributed by atoms with Crippen LogP contribution in [0.5, 0.6) is 0 Å². The third kappa shape index (κ3) is 6.77. The normalized spacial score (nSPS) is 10.6. The fraction of sp³-hybridized carbons (Fsp3) is 0.100. The van der Waals surface area contributed by atoms with Crippen LogP contribution in [0.3, 0.4) is 0 Å². The van der Waals surface area contributed by atoms with E-state index in [0.717, 1.165) is 101 Å². The maximum Gasteiger partial charge on any atom is 0.239 e. The molecule has 0 amide bonds. The van der Waals surface area contributed by atoms with Crippen LogP contribution in [-0.2, 0) is 0 Å². The van der Waals surface area contributed by atoms with Crippen molar-refractivity contribution in [3.63, 3.8) is 0 Å². The highest BCUT2D eigenvalue weighted by molar-refractivity contribution is 5.88. The lowest BCUT2D eigenvalue weighted by Crippen LogP contribution is -2.33. The first-order chi connectivity index (χ1) is 23.1. The van der Waals surface area contributed by atoms with Crippen molar-refractivity contribution in [1.29, 1.82) is 0 Å². The monoisotopic (exact) mass is 684 g/mol. The Morgan fingerprint density at radius 1 is 0.373 bits per heavy atom. The van der Waals surface area contributed by atoms with E-state index >= 15 is 0 Å². The SMILES string of the molecule is Cc1cc2nc3cc(C)c(N)cc3[n+](-c3ccccc3)c2cc1N.Cc1cc2nc3cc(C)c(N)cc3[n+](-c3ccccc3)c2cc1N.O.O.O. The Bertz CT molecular complexity index is 2230. The lowest BCUT2D eigenvalue weighted by Gasteiger charge is -2.09. The summed E-state index contributed by atoms with van der Waals surface area (Å²) >= 11 is 0. The van der Waals surface area contributed by atoms with Crippen molar-refractivity contribution >= 4 is 66.9 Å². The van der Waals surface area contributed by atoms with E-state index < -0.39 is 0 Å². The van der Waals surface area contributed by atoms with Crippen LogP contribution in [0, 0.1) is 27.7 Å². The molecular formula is C40H44N8O3+2. The summed E-state index contributed by atoms with van der Waals surface area (Å²) in [6.45, 7) is 8.01. The first-order valence-corrected chi connectivity index (χ1v) is 15.8. The Labute approximate surface area is 295 Å². The smallest absolute Gasteiger partial charge is 0.239 e. The highest BCUT2D eigenvalue weighted by atomic mass is 16.0. The molecule has 0 atom stereocenters. The van der Waals surface area contributed by atoms with E-state index in [1.165, 1.54) is 0 Å². The molecule has 8 rings (SSSR count). The summed E-state index contributed by atoms with van der Waals surface area (Å²) in [7, 11) is 0. The second kappa shape index (κ2) is 14.6. The first-order valence-electron chi connectivity index (χ1n) is 15.8. The molecule has 2 aromatic heterocycles. The Hall–Kier alpha value is -6.40.